The van der Waals surface area contributed by atoms with Gasteiger partial charge in [0.1, 0.15) is 12.1 Å². The van der Waals surface area contributed by atoms with Gasteiger partial charge in [0.2, 0.25) is 0 Å². The Morgan fingerprint density at radius 1 is 1.33 bits per heavy atom. The van der Waals surface area contributed by atoms with Crippen LogP contribution in [0.1, 0.15) is 24.1 Å². The van der Waals surface area contributed by atoms with Crippen molar-refractivity contribution < 1.29 is 0 Å². The second-order valence-electron chi connectivity index (χ2n) is 4.49. The predicted octanol–water partition coefficient (Wildman–Crippen LogP) is 3.25. The lowest BCUT2D eigenvalue weighted by molar-refractivity contribution is 0.616. The summed E-state index contributed by atoms with van der Waals surface area (Å²) >= 11 is 6.26. The number of hydrogen-bond acceptors (Lipinski definition) is 3. The summed E-state index contributed by atoms with van der Waals surface area (Å²) in [4.78, 5) is 10.6. The second-order valence-corrected chi connectivity index (χ2v) is 4.90. The highest BCUT2D eigenvalue weighted by Crippen LogP contribution is 2.35. The van der Waals surface area contributed by atoms with E-state index in [1.165, 1.54) is 11.1 Å². The van der Waals surface area contributed by atoms with Crippen LogP contribution in [0.25, 0.3) is 0 Å². The van der Waals surface area contributed by atoms with Crippen molar-refractivity contribution in [2.24, 2.45) is 0 Å². The van der Waals surface area contributed by atoms with Crippen molar-refractivity contribution in [2.45, 2.75) is 19.4 Å². The molecule has 4 heteroatoms. The average Bonchev–Trinajstić information content (AvgIpc) is 2.41. The quantitative estimate of drug-likeness (QED) is 0.787. The van der Waals surface area contributed by atoms with E-state index < -0.39 is 0 Å². The zero-order chi connectivity index (χ0) is 12.5. The van der Waals surface area contributed by atoms with Crippen molar-refractivity contribution in [1.29, 1.82) is 0 Å². The Kier molecular flexibility index (Phi) is 2.92. The number of fused-ring (bicyclic) bond motifs is 1. The van der Waals surface area contributed by atoms with Gasteiger partial charge in [0, 0.05) is 17.8 Å². The first-order chi connectivity index (χ1) is 8.77. The molecule has 0 N–H and O–H groups in total. The minimum atomic E-state index is 0.294. The Hall–Kier alpha value is -1.61. The monoisotopic (exact) mass is 259 g/mol. The van der Waals surface area contributed by atoms with Gasteiger partial charge in [-0.05, 0) is 36.6 Å². The molecule has 3 nitrogen and oxygen atoms in total. The molecule has 0 radical (unpaired) electrons. The summed E-state index contributed by atoms with van der Waals surface area (Å²) in [6, 6.07) is 8.38. The van der Waals surface area contributed by atoms with E-state index in [9.17, 15) is 0 Å². The molecule has 3 rings (SSSR count). The van der Waals surface area contributed by atoms with Gasteiger partial charge in [-0.3, -0.25) is 0 Å². The molecule has 0 amide bonds. The lowest BCUT2D eigenvalue weighted by Gasteiger charge is -2.36. The van der Waals surface area contributed by atoms with E-state index in [2.05, 4.69) is 27.9 Å². The number of benzene rings is 1. The van der Waals surface area contributed by atoms with Crippen LogP contribution in [0.15, 0.2) is 36.8 Å². The Labute approximate surface area is 111 Å². The van der Waals surface area contributed by atoms with Gasteiger partial charge in [0.25, 0.3) is 0 Å². The maximum Gasteiger partial charge on any atom is 0.132 e. The lowest BCUT2D eigenvalue weighted by atomic mass is 9.93. The average molecular weight is 260 g/mol. The SMILES string of the molecule is CC1c2cccc(Cl)c2CCN1c1ccncn1. The lowest BCUT2D eigenvalue weighted by Crippen LogP contribution is -2.34. The molecule has 0 saturated carbocycles. The predicted molar refractivity (Wildman–Crippen MR) is 72.9 cm³/mol. The van der Waals surface area contributed by atoms with Gasteiger partial charge in [-0.1, -0.05) is 23.7 Å². The third-order valence-corrected chi connectivity index (χ3v) is 3.89. The van der Waals surface area contributed by atoms with Crippen LogP contribution in [0.5, 0.6) is 0 Å². The van der Waals surface area contributed by atoms with Gasteiger partial charge in [-0.15, -0.1) is 0 Å². The maximum absolute atomic E-state index is 6.26. The van der Waals surface area contributed by atoms with E-state index >= 15 is 0 Å². The molecular formula is C14H14ClN3. The fourth-order valence-corrected chi connectivity index (χ4v) is 2.87. The van der Waals surface area contributed by atoms with Crippen molar-refractivity contribution in [3.63, 3.8) is 0 Å². The topological polar surface area (TPSA) is 29.0 Å². The third-order valence-electron chi connectivity index (χ3n) is 3.54. The molecule has 0 bridgehead atoms. The highest BCUT2D eigenvalue weighted by Gasteiger charge is 2.25. The highest BCUT2D eigenvalue weighted by atomic mass is 35.5. The number of hydrogen-bond donors (Lipinski definition) is 0. The first-order valence-corrected chi connectivity index (χ1v) is 6.45. The van der Waals surface area contributed by atoms with Crippen LogP contribution in [-0.2, 0) is 6.42 Å². The molecule has 2 heterocycles. The molecule has 0 fully saturated rings. The van der Waals surface area contributed by atoms with Crippen LogP contribution < -0.4 is 4.90 Å². The number of rotatable bonds is 1. The molecule has 1 aromatic heterocycles. The molecule has 1 unspecified atom stereocenters. The second kappa shape index (κ2) is 4.58. The Morgan fingerprint density at radius 3 is 3.00 bits per heavy atom. The van der Waals surface area contributed by atoms with Crippen molar-refractivity contribution in [1.82, 2.24) is 9.97 Å². The minimum Gasteiger partial charge on any atom is -0.349 e. The fourth-order valence-electron chi connectivity index (χ4n) is 2.59. The molecular weight excluding hydrogens is 246 g/mol. The van der Waals surface area contributed by atoms with E-state index in [1.54, 1.807) is 12.5 Å². The largest absolute Gasteiger partial charge is 0.349 e. The molecule has 1 aliphatic rings. The zero-order valence-electron chi connectivity index (χ0n) is 10.2. The van der Waals surface area contributed by atoms with E-state index in [0.717, 1.165) is 23.8 Å². The standard InChI is InChI=1S/C14H14ClN3/c1-10-11-3-2-4-13(15)12(11)6-8-18(10)14-5-7-16-9-17-14/h2-5,7,9-10H,6,8H2,1H3. The first-order valence-electron chi connectivity index (χ1n) is 6.07. The molecule has 0 saturated heterocycles. The van der Waals surface area contributed by atoms with E-state index in [0.29, 0.717) is 6.04 Å². The Morgan fingerprint density at radius 2 is 2.22 bits per heavy atom. The highest BCUT2D eigenvalue weighted by molar-refractivity contribution is 6.31. The molecule has 18 heavy (non-hydrogen) atoms. The van der Waals surface area contributed by atoms with Gasteiger partial charge in [0.05, 0.1) is 6.04 Å². The van der Waals surface area contributed by atoms with Crippen molar-refractivity contribution in [3.05, 3.63) is 52.9 Å². The first kappa shape index (κ1) is 11.5. The van der Waals surface area contributed by atoms with Crippen LogP contribution >= 0.6 is 11.6 Å². The van der Waals surface area contributed by atoms with Gasteiger partial charge in [0.15, 0.2) is 0 Å². The number of halogens is 1. The molecule has 0 aliphatic carbocycles. The summed E-state index contributed by atoms with van der Waals surface area (Å²) in [6.07, 6.45) is 4.33. The molecule has 1 aromatic carbocycles. The number of anilines is 1. The summed E-state index contributed by atoms with van der Waals surface area (Å²) < 4.78 is 0. The summed E-state index contributed by atoms with van der Waals surface area (Å²) in [5.41, 5.74) is 2.57. The molecule has 1 aliphatic heterocycles. The minimum absolute atomic E-state index is 0.294. The summed E-state index contributed by atoms with van der Waals surface area (Å²) in [5, 5.41) is 0.877. The van der Waals surface area contributed by atoms with Gasteiger partial charge >= 0.3 is 0 Å². The third kappa shape index (κ3) is 1.85. The van der Waals surface area contributed by atoms with Crippen LogP contribution in [0, 0.1) is 0 Å². The summed E-state index contributed by atoms with van der Waals surface area (Å²) in [5.74, 6) is 0.975. The van der Waals surface area contributed by atoms with Gasteiger partial charge < -0.3 is 4.90 Å². The van der Waals surface area contributed by atoms with Crippen molar-refractivity contribution in [3.8, 4) is 0 Å². The van der Waals surface area contributed by atoms with E-state index in [1.807, 2.05) is 18.2 Å². The normalized spacial score (nSPS) is 18.6. The molecule has 92 valence electrons. The van der Waals surface area contributed by atoms with Gasteiger partial charge in [-0.2, -0.15) is 0 Å². The molecule has 1 atom stereocenters. The van der Waals surface area contributed by atoms with Crippen molar-refractivity contribution >= 4 is 17.4 Å². The summed E-state index contributed by atoms with van der Waals surface area (Å²) in [7, 11) is 0. The fraction of sp³-hybridized carbons (Fsp3) is 0.286. The maximum atomic E-state index is 6.26. The summed E-state index contributed by atoms with van der Waals surface area (Å²) in [6.45, 7) is 3.13. The molecule has 2 aromatic rings. The van der Waals surface area contributed by atoms with Crippen LogP contribution in [0.4, 0.5) is 5.82 Å². The Bertz CT molecular complexity index is 556. The smallest absolute Gasteiger partial charge is 0.132 e. The zero-order valence-corrected chi connectivity index (χ0v) is 10.9. The van der Waals surface area contributed by atoms with Crippen LogP contribution in [0.2, 0.25) is 5.02 Å². The van der Waals surface area contributed by atoms with E-state index in [4.69, 9.17) is 11.6 Å². The molecule has 0 spiro atoms. The van der Waals surface area contributed by atoms with Crippen molar-refractivity contribution in [2.75, 3.05) is 11.4 Å². The van der Waals surface area contributed by atoms with Crippen LogP contribution in [-0.4, -0.2) is 16.5 Å². The van der Waals surface area contributed by atoms with Gasteiger partial charge in [-0.25, -0.2) is 9.97 Å². The number of aromatic nitrogens is 2. The Balaban J connectivity index is 2.00. The van der Waals surface area contributed by atoms with Crippen LogP contribution in [0.3, 0.4) is 0 Å². The van der Waals surface area contributed by atoms with E-state index in [-0.39, 0.29) is 0 Å². The number of nitrogens with zero attached hydrogens (tertiary/aromatic N) is 3.